The predicted octanol–water partition coefficient (Wildman–Crippen LogP) is 3.75. The molecule has 0 radical (unpaired) electrons. The van der Waals surface area contributed by atoms with Crippen LogP contribution in [0.15, 0.2) is 24.3 Å². The summed E-state index contributed by atoms with van der Waals surface area (Å²) in [5, 5.41) is 8.64. The van der Waals surface area contributed by atoms with E-state index in [0.717, 1.165) is 42.4 Å². The van der Waals surface area contributed by atoms with Crippen LogP contribution in [0.2, 0.25) is 0 Å². The van der Waals surface area contributed by atoms with Gasteiger partial charge >= 0.3 is 6.18 Å². The number of alkyl halides is 3. The summed E-state index contributed by atoms with van der Waals surface area (Å²) >= 11 is 0. The molecular formula is C17H19F3N4. The number of halogens is 3. The lowest BCUT2D eigenvalue weighted by molar-refractivity contribution is -0.137. The van der Waals surface area contributed by atoms with Gasteiger partial charge in [0.1, 0.15) is 11.6 Å². The lowest BCUT2D eigenvalue weighted by atomic mass is 10.0. The molecule has 4 nitrogen and oxygen atoms in total. The SMILES string of the molecule is C[C@@H](c1ccc(C(F)(F)F)cc1)N1CCn2c(nnc2C2CC2)C1. The molecule has 4 rings (SSSR count). The minimum absolute atomic E-state index is 0.0436. The van der Waals surface area contributed by atoms with Gasteiger partial charge in [0.05, 0.1) is 12.1 Å². The van der Waals surface area contributed by atoms with E-state index in [9.17, 15) is 13.2 Å². The van der Waals surface area contributed by atoms with Crippen LogP contribution in [0.1, 0.15) is 54.5 Å². The second-order valence-electron chi connectivity index (χ2n) is 6.67. The molecule has 0 spiro atoms. The van der Waals surface area contributed by atoms with E-state index < -0.39 is 11.7 Å². The van der Waals surface area contributed by atoms with Gasteiger partial charge in [-0.25, -0.2) is 0 Å². The van der Waals surface area contributed by atoms with Crippen molar-refractivity contribution in [3.8, 4) is 0 Å². The number of nitrogens with zero attached hydrogens (tertiary/aromatic N) is 4. The maximum absolute atomic E-state index is 12.7. The Balaban J connectivity index is 1.49. The molecular weight excluding hydrogens is 317 g/mol. The van der Waals surface area contributed by atoms with Crippen LogP contribution in [0.25, 0.3) is 0 Å². The average molecular weight is 336 g/mol. The average Bonchev–Trinajstić information content (AvgIpc) is 3.32. The summed E-state index contributed by atoms with van der Waals surface area (Å²) in [7, 11) is 0. The first-order valence-electron chi connectivity index (χ1n) is 8.26. The van der Waals surface area contributed by atoms with Crippen LogP contribution < -0.4 is 0 Å². The zero-order valence-corrected chi connectivity index (χ0v) is 13.4. The summed E-state index contributed by atoms with van der Waals surface area (Å²) in [6.45, 7) is 4.41. The van der Waals surface area contributed by atoms with Crippen molar-refractivity contribution >= 4 is 0 Å². The van der Waals surface area contributed by atoms with Crippen molar-refractivity contribution in [1.82, 2.24) is 19.7 Å². The van der Waals surface area contributed by atoms with Crippen molar-refractivity contribution < 1.29 is 13.2 Å². The number of rotatable bonds is 3. The maximum Gasteiger partial charge on any atom is 0.416 e. The van der Waals surface area contributed by atoms with E-state index in [0.29, 0.717) is 12.5 Å². The molecule has 7 heteroatoms. The minimum atomic E-state index is -4.29. The van der Waals surface area contributed by atoms with E-state index >= 15 is 0 Å². The second-order valence-corrected chi connectivity index (χ2v) is 6.67. The fourth-order valence-electron chi connectivity index (χ4n) is 3.33. The molecule has 0 unspecified atom stereocenters. The van der Waals surface area contributed by atoms with E-state index in [1.807, 2.05) is 6.92 Å². The molecule has 1 aliphatic carbocycles. The van der Waals surface area contributed by atoms with Gasteiger partial charge in [-0.2, -0.15) is 13.2 Å². The smallest absolute Gasteiger partial charge is 0.312 e. The van der Waals surface area contributed by atoms with Gasteiger partial charge in [0, 0.05) is 25.0 Å². The Morgan fingerprint density at radius 1 is 1.08 bits per heavy atom. The first-order chi connectivity index (χ1) is 11.4. The van der Waals surface area contributed by atoms with Gasteiger partial charge in [-0.15, -0.1) is 10.2 Å². The molecule has 1 atom stereocenters. The maximum atomic E-state index is 12.7. The standard InChI is InChI=1S/C17H19F3N4/c1-11(12-4-6-14(7-5-12)17(18,19)20)23-8-9-24-15(10-23)21-22-16(24)13-2-3-13/h4-7,11,13H,2-3,8-10H2,1H3/t11-/m0/s1. The van der Waals surface area contributed by atoms with Crippen molar-refractivity contribution in [1.29, 1.82) is 0 Å². The number of benzene rings is 1. The van der Waals surface area contributed by atoms with E-state index in [2.05, 4.69) is 19.7 Å². The third-order valence-corrected chi connectivity index (χ3v) is 5.02. The number of aromatic nitrogens is 3. The van der Waals surface area contributed by atoms with E-state index in [1.54, 1.807) is 12.1 Å². The molecule has 1 aliphatic heterocycles. The van der Waals surface area contributed by atoms with Gasteiger partial charge in [0.2, 0.25) is 0 Å². The predicted molar refractivity (Wildman–Crippen MR) is 82.3 cm³/mol. The molecule has 24 heavy (non-hydrogen) atoms. The quantitative estimate of drug-likeness (QED) is 0.856. The van der Waals surface area contributed by atoms with Crippen molar-refractivity contribution in [2.45, 2.75) is 51.0 Å². The summed E-state index contributed by atoms with van der Waals surface area (Å²) < 4.78 is 40.3. The molecule has 0 amide bonds. The van der Waals surface area contributed by atoms with Gasteiger partial charge in [0.15, 0.2) is 0 Å². The largest absolute Gasteiger partial charge is 0.416 e. The Morgan fingerprint density at radius 3 is 2.42 bits per heavy atom. The lowest BCUT2D eigenvalue weighted by Crippen LogP contribution is -2.36. The van der Waals surface area contributed by atoms with Gasteiger partial charge in [-0.3, -0.25) is 4.90 Å². The van der Waals surface area contributed by atoms with Crippen LogP contribution in [0.5, 0.6) is 0 Å². The van der Waals surface area contributed by atoms with E-state index in [1.165, 1.54) is 12.8 Å². The third kappa shape index (κ3) is 2.81. The van der Waals surface area contributed by atoms with Gasteiger partial charge in [0.25, 0.3) is 0 Å². The molecule has 2 heterocycles. The monoisotopic (exact) mass is 336 g/mol. The Labute approximate surface area is 138 Å². The van der Waals surface area contributed by atoms with Gasteiger partial charge in [-0.05, 0) is 37.5 Å². The van der Waals surface area contributed by atoms with E-state index in [-0.39, 0.29) is 6.04 Å². The Hall–Kier alpha value is -1.89. The lowest BCUT2D eigenvalue weighted by Gasteiger charge is -2.33. The van der Waals surface area contributed by atoms with Gasteiger partial charge < -0.3 is 4.57 Å². The van der Waals surface area contributed by atoms with Crippen molar-refractivity contribution in [2.75, 3.05) is 6.54 Å². The van der Waals surface area contributed by atoms with Gasteiger partial charge in [-0.1, -0.05) is 12.1 Å². The number of fused-ring (bicyclic) bond motifs is 1. The zero-order chi connectivity index (χ0) is 16.9. The second kappa shape index (κ2) is 5.58. The van der Waals surface area contributed by atoms with Crippen molar-refractivity contribution in [2.24, 2.45) is 0 Å². The fraction of sp³-hybridized carbons (Fsp3) is 0.529. The Kier molecular flexibility index (Phi) is 3.63. The normalized spacial score (nSPS) is 20.0. The Morgan fingerprint density at radius 2 is 1.79 bits per heavy atom. The van der Waals surface area contributed by atoms with Crippen molar-refractivity contribution in [3.05, 3.63) is 47.0 Å². The third-order valence-electron chi connectivity index (χ3n) is 5.02. The molecule has 1 aromatic carbocycles. The highest BCUT2D eigenvalue weighted by Crippen LogP contribution is 2.40. The summed E-state index contributed by atoms with van der Waals surface area (Å²) in [6.07, 6.45) is -1.89. The van der Waals surface area contributed by atoms with Crippen LogP contribution in [-0.2, 0) is 19.3 Å². The number of hydrogen-bond donors (Lipinski definition) is 0. The molecule has 1 fully saturated rings. The highest BCUT2D eigenvalue weighted by molar-refractivity contribution is 5.26. The number of hydrogen-bond acceptors (Lipinski definition) is 3. The van der Waals surface area contributed by atoms with Crippen molar-refractivity contribution in [3.63, 3.8) is 0 Å². The van der Waals surface area contributed by atoms with Crippen LogP contribution in [0, 0.1) is 0 Å². The minimum Gasteiger partial charge on any atom is -0.312 e. The highest BCUT2D eigenvalue weighted by Gasteiger charge is 2.33. The Bertz CT molecular complexity index is 731. The van der Waals surface area contributed by atoms with Crippen LogP contribution >= 0.6 is 0 Å². The van der Waals surface area contributed by atoms with E-state index in [4.69, 9.17) is 0 Å². The molecule has 2 aliphatic rings. The fourth-order valence-corrected chi connectivity index (χ4v) is 3.33. The van der Waals surface area contributed by atoms with Crippen LogP contribution in [0.3, 0.4) is 0 Å². The molecule has 0 bridgehead atoms. The molecule has 1 aromatic heterocycles. The first kappa shape index (κ1) is 15.6. The molecule has 1 saturated carbocycles. The van der Waals surface area contributed by atoms with Crippen LogP contribution in [-0.4, -0.2) is 26.2 Å². The molecule has 0 saturated heterocycles. The summed E-state index contributed by atoms with van der Waals surface area (Å²) in [4.78, 5) is 2.24. The summed E-state index contributed by atoms with van der Waals surface area (Å²) in [5.41, 5.74) is 0.282. The van der Waals surface area contributed by atoms with Crippen LogP contribution in [0.4, 0.5) is 13.2 Å². The topological polar surface area (TPSA) is 34.0 Å². The molecule has 2 aromatic rings. The zero-order valence-electron chi connectivity index (χ0n) is 13.4. The molecule has 128 valence electrons. The highest BCUT2D eigenvalue weighted by atomic mass is 19.4. The summed E-state index contributed by atoms with van der Waals surface area (Å²) in [5.74, 6) is 2.64. The molecule has 0 N–H and O–H groups in total. The first-order valence-corrected chi connectivity index (χ1v) is 8.26. The summed E-state index contributed by atoms with van der Waals surface area (Å²) in [6, 6.07) is 5.50.